The van der Waals surface area contributed by atoms with Gasteiger partial charge in [-0.1, -0.05) is 0 Å². The maximum atomic E-state index is 11.7. The second-order valence-corrected chi connectivity index (χ2v) is 3.56. The van der Waals surface area contributed by atoms with E-state index in [4.69, 9.17) is 10.2 Å². The number of carbonyl (C=O) groups is 2. The first-order valence-electron chi connectivity index (χ1n) is 5.11. The number of aryl methyl sites for hydroxylation is 1. The predicted octanol–water partition coefficient (Wildman–Crippen LogP) is -0.0446. The first-order valence-corrected chi connectivity index (χ1v) is 5.11. The van der Waals surface area contributed by atoms with Crippen molar-refractivity contribution >= 4 is 11.9 Å². The lowest BCUT2D eigenvalue weighted by atomic mass is 10.1. The molecule has 6 nitrogen and oxygen atoms in total. The van der Waals surface area contributed by atoms with Gasteiger partial charge in [0.15, 0.2) is 0 Å². The second kappa shape index (κ2) is 5.95. The van der Waals surface area contributed by atoms with Crippen molar-refractivity contribution in [3.8, 4) is 0 Å². The number of amides is 1. The fourth-order valence-corrected chi connectivity index (χ4v) is 1.31. The number of nitrogens with zero attached hydrogens (tertiary/aromatic N) is 1. The van der Waals surface area contributed by atoms with Crippen molar-refractivity contribution in [2.24, 2.45) is 0 Å². The van der Waals surface area contributed by atoms with Crippen LogP contribution in [0.1, 0.15) is 22.5 Å². The number of aliphatic hydroxyl groups is 1. The molecule has 0 aliphatic heterocycles. The van der Waals surface area contributed by atoms with Gasteiger partial charge in [0.2, 0.25) is 0 Å². The third kappa shape index (κ3) is 3.84. The number of hydrogen-bond acceptors (Lipinski definition) is 4. The summed E-state index contributed by atoms with van der Waals surface area (Å²) >= 11 is 0. The number of aliphatic carboxylic acids is 1. The van der Waals surface area contributed by atoms with Gasteiger partial charge in [-0.25, -0.2) is 4.79 Å². The molecule has 0 spiro atoms. The van der Waals surface area contributed by atoms with E-state index in [9.17, 15) is 9.59 Å². The van der Waals surface area contributed by atoms with Crippen LogP contribution in [0, 0.1) is 6.92 Å². The van der Waals surface area contributed by atoms with Crippen molar-refractivity contribution in [3.63, 3.8) is 0 Å². The minimum atomic E-state index is -1.17. The molecule has 1 heterocycles. The molecule has 0 saturated carbocycles. The molecular formula is C11H14N2O4. The number of pyridine rings is 1. The number of carboxylic acid groups (broad SMARTS) is 1. The molecule has 1 aromatic rings. The number of nitrogens with one attached hydrogen (secondary N) is 1. The Labute approximate surface area is 98.3 Å². The van der Waals surface area contributed by atoms with Crippen molar-refractivity contribution in [3.05, 3.63) is 29.6 Å². The third-order valence-electron chi connectivity index (χ3n) is 2.18. The highest BCUT2D eigenvalue weighted by molar-refractivity contribution is 5.96. The van der Waals surface area contributed by atoms with E-state index >= 15 is 0 Å². The van der Waals surface area contributed by atoms with Gasteiger partial charge in [0.25, 0.3) is 5.91 Å². The first kappa shape index (κ1) is 13.1. The zero-order valence-corrected chi connectivity index (χ0v) is 9.38. The highest BCUT2D eigenvalue weighted by atomic mass is 16.4. The van der Waals surface area contributed by atoms with Crippen LogP contribution in [0.3, 0.4) is 0 Å². The van der Waals surface area contributed by atoms with Gasteiger partial charge < -0.3 is 15.5 Å². The molecule has 92 valence electrons. The summed E-state index contributed by atoms with van der Waals surface area (Å²) in [6.07, 6.45) is 1.46. The van der Waals surface area contributed by atoms with Crippen LogP contribution in [-0.4, -0.2) is 39.7 Å². The third-order valence-corrected chi connectivity index (χ3v) is 2.18. The Kier molecular flexibility index (Phi) is 4.59. The number of hydrogen-bond donors (Lipinski definition) is 3. The lowest BCUT2D eigenvalue weighted by molar-refractivity contribution is -0.139. The van der Waals surface area contributed by atoms with E-state index in [1.165, 1.54) is 12.3 Å². The van der Waals surface area contributed by atoms with Crippen molar-refractivity contribution in [2.45, 2.75) is 19.4 Å². The van der Waals surface area contributed by atoms with E-state index in [1.807, 2.05) is 0 Å². The van der Waals surface area contributed by atoms with Crippen LogP contribution < -0.4 is 5.32 Å². The van der Waals surface area contributed by atoms with Gasteiger partial charge in [0, 0.05) is 30.5 Å². The summed E-state index contributed by atoms with van der Waals surface area (Å²) in [4.78, 5) is 26.4. The summed E-state index contributed by atoms with van der Waals surface area (Å²) in [5, 5.41) is 19.8. The van der Waals surface area contributed by atoms with E-state index in [0.717, 1.165) is 0 Å². The second-order valence-electron chi connectivity index (χ2n) is 3.56. The fraction of sp³-hybridized carbons (Fsp3) is 0.364. The molecule has 17 heavy (non-hydrogen) atoms. The molecule has 0 fully saturated rings. The highest BCUT2D eigenvalue weighted by Gasteiger charge is 2.19. The van der Waals surface area contributed by atoms with Crippen molar-refractivity contribution in [1.82, 2.24) is 10.3 Å². The molecule has 0 saturated heterocycles. The van der Waals surface area contributed by atoms with Gasteiger partial charge >= 0.3 is 5.97 Å². The Balaban J connectivity index is 2.73. The van der Waals surface area contributed by atoms with Crippen molar-refractivity contribution < 1.29 is 19.8 Å². The molecule has 0 aliphatic rings. The van der Waals surface area contributed by atoms with E-state index in [-0.39, 0.29) is 13.0 Å². The summed E-state index contributed by atoms with van der Waals surface area (Å²) in [6, 6.07) is 1.98. The van der Waals surface area contributed by atoms with Gasteiger partial charge in [-0.05, 0) is 19.1 Å². The molecule has 1 rings (SSSR count). The SMILES string of the molecule is Cc1cc(C(=O)N[C@H](CCO)C(=O)O)ccn1. The van der Waals surface area contributed by atoms with Gasteiger partial charge in [-0.15, -0.1) is 0 Å². The van der Waals surface area contributed by atoms with Crippen LogP contribution in [0.25, 0.3) is 0 Å². The Hall–Kier alpha value is -1.95. The zero-order chi connectivity index (χ0) is 12.8. The highest BCUT2D eigenvalue weighted by Crippen LogP contribution is 2.02. The monoisotopic (exact) mass is 238 g/mol. The molecule has 0 bridgehead atoms. The number of aliphatic hydroxyl groups excluding tert-OH is 1. The van der Waals surface area contributed by atoms with E-state index in [2.05, 4.69) is 10.3 Å². The Morgan fingerprint density at radius 2 is 2.24 bits per heavy atom. The predicted molar refractivity (Wildman–Crippen MR) is 59.6 cm³/mol. The fourth-order valence-electron chi connectivity index (χ4n) is 1.31. The minimum absolute atomic E-state index is 0.0227. The number of carbonyl (C=O) groups excluding carboxylic acids is 1. The number of rotatable bonds is 5. The first-order chi connectivity index (χ1) is 8.04. The molecule has 0 aromatic carbocycles. The van der Waals surface area contributed by atoms with Crippen LogP contribution in [0.15, 0.2) is 18.3 Å². The molecule has 3 N–H and O–H groups in total. The summed E-state index contributed by atoms with van der Waals surface area (Å²) in [5.74, 6) is -1.66. The van der Waals surface area contributed by atoms with Gasteiger partial charge in [0.1, 0.15) is 6.04 Å². The van der Waals surface area contributed by atoms with Crippen LogP contribution in [0.2, 0.25) is 0 Å². The molecule has 0 aliphatic carbocycles. The Morgan fingerprint density at radius 1 is 1.53 bits per heavy atom. The maximum absolute atomic E-state index is 11.7. The lowest BCUT2D eigenvalue weighted by Crippen LogP contribution is -2.41. The Bertz CT molecular complexity index is 420. The smallest absolute Gasteiger partial charge is 0.326 e. The van der Waals surface area contributed by atoms with Crippen LogP contribution in [0.4, 0.5) is 0 Å². The van der Waals surface area contributed by atoms with Crippen LogP contribution in [-0.2, 0) is 4.79 Å². The van der Waals surface area contributed by atoms with Crippen LogP contribution >= 0.6 is 0 Å². The molecule has 1 atom stereocenters. The summed E-state index contributed by atoms with van der Waals surface area (Å²) in [7, 11) is 0. The molecular weight excluding hydrogens is 224 g/mol. The number of carboxylic acids is 1. The van der Waals surface area contributed by atoms with Gasteiger partial charge in [-0.2, -0.15) is 0 Å². The average molecular weight is 238 g/mol. The molecule has 1 aromatic heterocycles. The molecule has 6 heteroatoms. The quantitative estimate of drug-likeness (QED) is 0.668. The number of aromatic nitrogens is 1. The summed E-state index contributed by atoms with van der Waals surface area (Å²) < 4.78 is 0. The largest absolute Gasteiger partial charge is 0.480 e. The van der Waals surface area contributed by atoms with Gasteiger partial charge in [-0.3, -0.25) is 9.78 Å². The average Bonchev–Trinajstić information content (AvgIpc) is 2.28. The molecule has 0 unspecified atom stereocenters. The van der Waals surface area contributed by atoms with E-state index in [1.54, 1.807) is 13.0 Å². The lowest BCUT2D eigenvalue weighted by Gasteiger charge is -2.13. The summed E-state index contributed by atoms with van der Waals surface area (Å²) in [6.45, 7) is 1.44. The maximum Gasteiger partial charge on any atom is 0.326 e. The van der Waals surface area contributed by atoms with Crippen molar-refractivity contribution in [2.75, 3.05) is 6.61 Å². The zero-order valence-electron chi connectivity index (χ0n) is 9.38. The summed E-state index contributed by atoms with van der Waals surface area (Å²) in [5.41, 5.74) is 1.02. The van der Waals surface area contributed by atoms with Crippen molar-refractivity contribution in [1.29, 1.82) is 0 Å². The Morgan fingerprint density at radius 3 is 2.76 bits per heavy atom. The van der Waals surface area contributed by atoms with Gasteiger partial charge in [0.05, 0.1) is 0 Å². The van der Waals surface area contributed by atoms with Crippen LogP contribution in [0.5, 0.6) is 0 Å². The molecule has 0 radical (unpaired) electrons. The standard InChI is InChI=1S/C11H14N2O4/c1-7-6-8(2-4-12-7)10(15)13-9(3-5-14)11(16)17/h2,4,6,9,14H,3,5H2,1H3,(H,13,15)(H,16,17)/t9-/m1/s1. The normalized spacial score (nSPS) is 11.9. The minimum Gasteiger partial charge on any atom is -0.480 e. The molecule has 1 amide bonds. The topological polar surface area (TPSA) is 99.5 Å². The van der Waals surface area contributed by atoms with E-state index in [0.29, 0.717) is 11.3 Å². The van der Waals surface area contributed by atoms with E-state index < -0.39 is 17.9 Å².